The van der Waals surface area contributed by atoms with Crippen LogP contribution in [0, 0.1) is 17.7 Å². The van der Waals surface area contributed by atoms with Crippen molar-refractivity contribution in [3.63, 3.8) is 0 Å². The summed E-state index contributed by atoms with van der Waals surface area (Å²) in [7, 11) is 1.65. The second-order valence-electron chi connectivity index (χ2n) is 12.6. The minimum atomic E-state index is -1.63. The maximum absolute atomic E-state index is 14.8. The highest BCUT2D eigenvalue weighted by Gasteiger charge is 2.32. The summed E-state index contributed by atoms with van der Waals surface area (Å²) in [5, 5.41) is 47.9. The topological polar surface area (TPSA) is 169 Å². The lowest BCUT2D eigenvalue weighted by atomic mass is 9.91. The first-order valence-corrected chi connectivity index (χ1v) is 16.2. The smallest absolute Gasteiger partial charge is 0.227 e. The van der Waals surface area contributed by atoms with Gasteiger partial charge in [0.1, 0.15) is 29.9 Å². The summed E-state index contributed by atoms with van der Waals surface area (Å²) in [5.41, 5.74) is 1.28. The highest BCUT2D eigenvalue weighted by Crippen LogP contribution is 2.26. The van der Waals surface area contributed by atoms with Gasteiger partial charge in [0.25, 0.3) is 0 Å². The van der Waals surface area contributed by atoms with Crippen molar-refractivity contribution in [2.75, 3.05) is 51.4 Å². The molecule has 0 aliphatic carbocycles. The van der Waals surface area contributed by atoms with Crippen molar-refractivity contribution in [1.82, 2.24) is 14.9 Å². The third-order valence-electron chi connectivity index (χ3n) is 9.04. The standard InChI is InChI=1S/C33H49FN4O8/c1-45-21-24-16-35-33(36-17-24)37-11-9-22(10-12-37)5-3-13-46-26-8-7-25(27(34)15-26)14-30(42)38-18-23(19-38)4-2-6-28(40)31(43)32(44)29(41)20-39/h7-8,15-17,22-23,28-29,31-32,39-41,43-44H,2-6,9-14,18-21H2,1H3/t28-,29+,31+,32+/m0/s1. The highest BCUT2D eigenvalue weighted by atomic mass is 19.1. The molecule has 13 heteroatoms. The number of piperidine rings is 1. The molecule has 0 spiro atoms. The second-order valence-corrected chi connectivity index (χ2v) is 12.6. The van der Waals surface area contributed by atoms with Crippen molar-refractivity contribution < 1.29 is 44.2 Å². The van der Waals surface area contributed by atoms with Crippen molar-refractivity contribution in [2.45, 2.75) is 82.4 Å². The fourth-order valence-electron chi connectivity index (χ4n) is 6.08. The van der Waals surface area contributed by atoms with Crippen LogP contribution in [-0.4, -0.2) is 117 Å². The van der Waals surface area contributed by atoms with Crippen LogP contribution < -0.4 is 9.64 Å². The molecule has 46 heavy (non-hydrogen) atoms. The lowest BCUT2D eigenvalue weighted by Crippen LogP contribution is -2.50. The van der Waals surface area contributed by atoms with Gasteiger partial charge in [-0.15, -0.1) is 0 Å². The number of aromatic nitrogens is 2. The molecule has 256 valence electrons. The molecule has 4 atom stereocenters. The molecule has 2 aromatic rings. The molecule has 2 fully saturated rings. The van der Waals surface area contributed by atoms with E-state index >= 15 is 0 Å². The molecule has 12 nitrogen and oxygen atoms in total. The summed E-state index contributed by atoms with van der Waals surface area (Å²) in [6.45, 7) is 3.20. The number of benzene rings is 1. The summed E-state index contributed by atoms with van der Waals surface area (Å²) >= 11 is 0. The van der Waals surface area contributed by atoms with Gasteiger partial charge in [0.05, 0.1) is 32.3 Å². The molecular weight excluding hydrogens is 599 g/mol. The van der Waals surface area contributed by atoms with E-state index in [2.05, 4.69) is 14.9 Å². The zero-order valence-electron chi connectivity index (χ0n) is 26.6. The predicted octanol–water partition coefficient (Wildman–Crippen LogP) is 1.44. The van der Waals surface area contributed by atoms with Gasteiger partial charge in [-0.3, -0.25) is 4.79 Å². The zero-order chi connectivity index (χ0) is 33.1. The van der Waals surface area contributed by atoms with Crippen LogP contribution in [0.5, 0.6) is 5.75 Å². The van der Waals surface area contributed by atoms with Crippen LogP contribution in [0.15, 0.2) is 30.6 Å². The number of amides is 1. The molecule has 2 aliphatic rings. The fourth-order valence-corrected chi connectivity index (χ4v) is 6.08. The third kappa shape index (κ3) is 10.3. The van der Waals surface area contributed by atoms with E-state index in [0.717, 1.165) is 50.3 Å². The van der Waals surface area contributed by atoms with Gasteiger partial charge in [-0.25, -0.2) is 14.4 Å². The molecule has 2 aliphatic heterocycles. The Bertz CT molecular complexity index is 1210. The first kappa shape index (κ1) is 35.9. The Labute approximate surface area is 269 Å². The Kier molecular flexibility index (Phi) is 13.9. The van der Waals surface area contributed by atoms with Gasteiger partial charge in [-0.2, -0.15) is 0 Å². The van der Waals surface area contributed by atoms with E-state index in [9.17, 15) is 29.6 Å². The molecular formula is C33H49FN4O8. The first-order valence-electron chi connectivity index (χ1n) is 16.2. The van der Waals surface area contributed by atoms with Crippen LogP contribution in [0.4, 0.5) is 10.3 Å². The van der Waals surface area contributed by atoms with E-state index < -0.39 is 36.8 Å². The number of likely N-dealkylation sites (tertiary alicyclic amines) is 1. The van der Waals surface area contributed by atoms with Crippen LogP contribution in [0.1, 0.15) is 56.1 Å². The summed E-state index contributed by atoms with van der Waals surface area (Å²) in [4.78, 5) is 25.5. The van der Waals surface area contributed by atoms with Gasteiger partial charge in [0, 0.05) is 57.3 Å². The molecule has 3 heterocycles. The van der Waals surface area contributed by atoms with Gasteiger partial charge in [-0.1, -0.05) is 12.5 Å². The molecule has 1 amide bonds. The Morgan fingerprint density at radius 2 is 1.67 bits per heavy atom. The van der Waals surface area contributed by atoms with Crippen LogP contribution in [0.2, 0.25) is 0 Å². The van der Waals surface area contributed by atoms with E-state index in [0.29, 0.717) is 56.4 Å². The number of halogens is 1. The Morgan fingerprint density at radius 1 is 1.00 bits per heavy atom. The molecule has 5 N–H and O–H groups in total. The Morgan fingerprint density at radius 3 is 2.33 bits per heavy atom. The largest absolute Gasteiger partial charge is 0.493 e. The first-order chi connectivity index (χ1) is 22.2. The summed E-state index contributed by atoms with van der Waals surface area (Å²) in [6.07, 6.45) is 3.15. The number of hydrogen-bond donors (Lipinski definition) is 5. The summed E-state index contributed by atoms with van der Waals surface area (Å²) in [5.74, 6) is 1.43. The molecule has 0 saturated carbocycles. The molecule has 1 aromatic carbocycles. The quantitative estimate of drug-likeness (QED) is 0.148. The van der Waals surface area contributed by atoms with Crippen LogP contribution in [0.25, 0.3) is 0 Å². The maximum atomic E-state index is 14.8. The van der Waals surface area contributed by atoms with Crippen molar-refractivity contribution >= 4 is 11.9 Å². The lowest BCUT2D eigenvalue weighted by Gasteiger charge is -2.39. The van der Waals surface area contributed by atoms with Gasteiger partial charge in [-0.05, 0) is 62.0 Å². The van der Waals surface area contributed by atoms with Gasteiger partial charge in [0.2, 0.25) is 11.9 Å². The monoisotopic (exact) mass is 648 g/mol. The summed E-state index contributed by atoms with van der Waals surface area (Å²) < 4.78 is 25.7. The minimum absolute atomic E-state index is 0.0319. The van der Waals surface area contributed by atoms with E-state index in [1.807, 2.05) is 12.4 Å². The van der Waals surface area contributed by atoms with Crippen LogP contribution in [0.3, 0.4) is 0 Å². The number of nitrogens with zero attached hydrogens (tertiary/aromatic N) is 4. The van der Waals surface area contributed by atoms with Crippen LogP contribution in [-0.2, 0) is 22.6 Å². The number of methoxy groups -OCH3 is 1. The van der Waals surface area contributed by atoms with Crippen molar-refractivity contribution in [1.29, 1.82) is 0 Å². The van der Waals surface area contributed by atoms with E-state index in [4.69, 9.17) is 14.6 Å². The van der Waals surface area contributed by atoms with Gasteiger partial charge < -0.3 is 44.8 Å². The Hall–Kier alpha value is -2.94. The molecule has 0 bridgehead atoms. The van der Waals surface area contributed by atoms with Crippen molar-refractivity contribution in [3.8, 4) is 5.75 Å². The SMILES string of the molecule is COCc1cnc(N2CCC(CCCOc3ccc(CC(=O)N4CC(CCC[C@H](O)[C@@H](O)[C@H](O)[C@H](O)CO)C4)c(F)c3)CC2)nc1. The number of aliphatic hydroxyl groups is 5. The number of ether oxygens (including phenoxy) is 2. The van der Waals surface area contributed by atoms with E-state index in [-0.39, 0.29) is 24.7 Å². The van der Waals surface area contributed by atoms with Gasteiger partial charge >= 0.3 is 0 Å². The number of carbonyl (C=O) groups is 1. The Balaban J connectivity index is 1.08. The third-order valence-corrected chi connectivity index (χ3v) is 9.04. The number of anilines is 1. The molecule has 4 rings (SSSR count). The zero-order valence-corrected chi connectivity index (χ0v) is 26.6. The summed E-state index contributed by atoms with van der Waals surface area (Å²) in [6, 6.07) is 4.65. The van der Waals surface area contributed by atoms with Gasteiger partial charge in [0.15, 0.2) is 0 Å². The highest BCUT2D eigenvalue weighted by molar-refractivity contribution is 5.79. The van der Waals surface area contributed by atoms with Crippen LogP contribution >= 0.6 is 0 Å². The number of rotatable bonds is 18. The normalized spacial score (nSPS) is 18.6. The second kappa shape index (κ2) is 17.8. The fraction of sp³-hybridized carbons (Fsp3) is 0.667. The van der Waals surface area contributed by atoms with E-state index in [1.165, 1.54) is 6.07 Å². The number of carbonyl (C=O) groups excluding carboxylic acids is 1. The average Bonchev–Trinajstić information content (AvgIpc) is 3.04. The minimum Gasteiger partial charge on any atom is -0.493 e. The lowest BCUT2D eigenvalue weighted by molar-refractivity contribution is -0.137. The molecule has 2 saturated heterocycles. The maximum Gasteiger partial charge on any atom is 0.227 e. The van der Waals surface area contributed by atoms with Crippen molar-refractivity contribution in [3.05, 3.63) is 47.5 Å². The van der Waals surface area contributed by atoms with Crippen molar-refractivity contribution in [2.24, 2.45) is 11.8 Å². The number of aliphatic hydroxyl groups excluding tert-OH is 5. The number of hydrogen-bond acceptors (Lipinski definition) is 11. The van der Waals surface area contributed by atoms with E-state index in [1.54, 1.807) is 24.1 Å². The molecule has 0 radical (unpaired) electrons. The predicted molar refractivity (Wildman–Crippen MR) is 168 cm³/mol. The average molecular weight is 649 g/mol. The molecule has 0 unspecified atom stereocenters. The molecule has 1 aromatic heterocycles.